The number of hydrogen-bond acceptors (Lipinski definition) is 3. The second-order valence-electron chi connectivity index (χ2n) is 5.42. The number of benzene rings is 1. The van der Waals surface area contributed by atoms with Crippen LogP contribution in [0, 0.1) is 16.0 Å². The van der Waals surface area contributed by atoms with Crippen LogP contribution in [0.1, 0.15) is 31.0 Å². The first kappa shape index (κ1) is 15.7. The third-order valence-electron chi connectivity index (χ3n) is 3.48. The highest BCUT2D eigenvalue weighted by Crippen LogP contribution is 2.25. The van der Waals surface area contributed by atoms with Gasteiger partial charge in [-0.15, -0.1) is 0 Å². The maximum Gasteiger partial charge on any atom is 0.270 e. The maximum atomic E-state index is 10.7. The van der Waals surface area contributed by atoms with Gasteiger partial charge in [0.05, 0.1) is 4.92 Å². The Hall–Kier alpha value is -1.66. The highest BCUT2D eigenvalue weighted by Gasteiger charge is 2.13. The molecule has 0 spiro atoms. The minimum absolute atomic E-state index is 0.0200. The molecule has 112 valence electrons. The van der Waals surface area contributed by atoms with Crippen LogP contribution >= 0.6 is 15.9 Å². The lowest BCUT2D eigenvalue weighted by atomic mass is 10.00. The van der Waals surface area contributed by atoms with Gasteiger partial charge in [-0.2, -0.15) is 0 Å². The molecule has 0 saturated heterocycles. The number of nitrogens with two attached hydrogens (primary N) is 1. The number of nitro benzene ring substituents is 1. The third-order valence-corrected chi connectivity index (χ3v) is 4.22. The van der Waals surface area contributed by atoms with E-state index in [1.807, 2.05) is 23.0 Å². The first-order chi connectivity index (χ1) is 9.88. The van der Waals surface area contributed by atoms with Crippen molar-refractivity contribution >= 4 is 21.6 Å². The second kappa shape index (κ2) is 6.41. The number of aromatic nitrogens is 1. The summed E-state index contributed by atoms with van der Waals surface area (Å²) in [6, 6.07) is 6.85. The van der Waals surface area contributed by atoms with E-state index in [1.54, 1.807) is 6.07 Å². The summed E-state index contributed by atoms with van der Waals surface area (Å²) in [5.41, 5.74) is 8.30. The van der Waals surface area contributed by atoms with E-state index in [4.69, 9.17) is 5.73 Å². The van der Waals surface area contributed by atoms with Crippen LogP contribution < -0.4 is 5.73 Å². The van der Waals surface area contributed by atoms with E-state index in [-0.39, 0.29) is 11.7 Å². The van der Waals surface area contributed by atoms with Gasteiger partial charge in [0.15, 0.2) is 0 Å². The molecular weight excluding hydrogens is 334 g/mol. The zero-order valence-corrected chi connectivity index (χ0v) is 13.6. The molecule has 5 nitrogen and oxygen atoms in total. The number of nitrogens with zero attached hydrogens (tertiary/aromatic N) is 2. The Labute approximate surface area is 132 Å². The van der Waals surface area contributed by atoms with E-state index < -0.39 is 4.92 Å². The molecule has 21 heavy (non-hydrogen) atoms. The molecular formula is C15H18BrN3O2. The molecule has 6 heteroatoms. The number of rotatable bonds is 5. The van der Waals surface area contributed by atoms with Gasteiger partial charge in [-0.1, -0.05) is 29.8 Å². The van der Waals surface area contributed by atoms with Crippen molar-refractivity contribution in [2.24, 2.45) is 11.7 Å². The van der Waals surface area contributed by atoms with E-state index in [0.29, 0.717) is 12.5 Å². The first-order valence-corrected chi connectivity index (χ1v) is 7.52. The van der Waals surface area contributed by atoms with Crippen molar-refractivity contribution in [2.45, 2.75) is 26.4 Å². The third kappa shape index (κ3) is 3.71. The van der Waals surface area contributed by atoms with Crippen molar-refractivity contribution in [3.05, 3.63) is 62.4 Å². The van der Waals surface area contributed by atoms with Crippen molar-refractivity contribution in [3.8, 4) is 0 Å². The molecule has 2 aromatic rings. The molecule has 1 heterocycles. The van der Waals surface area contributed by atoms with E-state index in [9.17, 15) is 10.1 Å². The molecule has 1 atom stereocenters. The zero-order chi connectivity index (χ0) is 15.6. The van der Waals surface area contributed by atoms with Gasteiger partial charge in [-0.05, 0) is 29.2 Å². The van der Waals surface area contributed by atoms with Crippen LogP contribution in [0.4, 0.5) is 5.69 Å². The van der Waals surface area contributed by atoms with Crippen LogP contribution in [0.25, 0.3) is 0 Å². The number of hydrogen-bond donors (Lipinski definition) is 1. The summed E-state index contributed by atoms with van der Waals surface area (Å²) >= 11 is 3.39. The summed E-state index contributed by atoms with van der Waals surface area (Å²) in [6.07, 6.45) is 4.00. The first-order valence-electron chi connectivity index (χ1n) is 6.72. The fourth-order valence-corrected chi connectivity index (χ4v) is 2.61. The van der Waals surface area contributed by atoms with Gasteiger partial charge in [0.1, 0.15) is 0 Å². The van der Waals surface area contributed by atoms with Crippen LogP contribution in [0.2, 0.25) is 0 Å². The van der Waals surface area contributed by atoms with Crippen molar-refractivity contribution in [1.29, 1.82) is 0 Å². The molecule has 0 aliphatic carbocycles. The number of non-ortho nitro benzene ring substituents is 1. The van der Waals surface area contributed by atoms with E-state index in [2.05, 4.69) is 29.8 Å². The Balaban J connectivity index is 2.17. The van der Waals surface area contributed by atoms with Crippen LogP contribution in [0.5, 0.6) is 0 Å². The summed E-state index contributed by atoms with van der Waals surface area (Å²) in [5, 5.41) is 10.7. The Kier molecular flexibility index (Phi) is 4.80. The Morgan fingerprint density at radius 2 is 2.10 bits per heavy atom. The summed E-state index contributed by atoms with van der Waals surface area (Å²) in [7, 11) is 0. The normalized spacial score (nSPS) is 12.6. The minimum atomic E-state index is -0.399. The average molecular weight is 352 g/mol. The van der Waals surface area contributed by atoms with Gasteiger partial charge in [0.25, 0.3) is 5.69 Å². The Morgan fingerprint density at radius 3 is 2.67 bits per heavy atom. The number of halogens is 1. The van der Waals surface area contributed by atoms with Crippen molar-refractivity contribution in [3.63, 3.8) is 0 Å². The molecule has 0 bridgehead atoms. The SMILES string of the molecule is CC(C)C(N)c1ccn(Cc2ccc([N+](=O)[O-])cc2Br)c1. The van der Waals surface area contributed by atoms with Gasteiger partial charge >= 0.3 is 0 Å². The Morgan fingerprint density at radius 1 is 1.38 bits per heavy atom. The molecule has 2 rings (SSSR count). The van der Waals surface area contributed by atoms with Gasteiger partial charge < -0.3 is 10.3 Å². The quantitative estimate of drug-likeness (QED) is 0.656. The molecule has 0 radical (unpaired) electrons. The highest BCUT2D eigenvalue weighted by molar-refractivity contribution is 9.10. The average Bonchev–Trinajstić information content (AvgIpc) is 2.88. The molecule has 0 fully saturated rings. The van der Waals surface area contributed by atoms with Gasteiger partial charge in [0.2, 0.25) is 0 Å². The molecule has 0 aliphatic rings. The monoisotopic (exact) mass is 351 g/mol. The lowest BCUT2D eigenvalue weighted by Crippen LogP contribution is -2.15. The summed E-state index contributed by atoms with van der Waals surface area (Å²) < 4.78 is 2.77. The standard InChI is InChI=1S/C15H18BrN3O2/c1-10(2)15(17)12-5-6-18(9-12)8-11-3-4-13(19(20)21)7-14(11)16/h3-7,9-10,15H,8,17H2,1-2H3. The minimum Gasteiger partial charge on any atom is -0.350 e. The fourth-order valence-electron chi connectivity index (χ4n) is 2.11. The van der Waals surface area contributed by atoms with Gasteiger partial charge in [0, 0.05) is 41.6 Å². The molecule has 1 unspecified atom stereocenters. The topological polar surface area (TPSA) is 74.1 Å². The molecule has 0 aliphatic heterocycles. The molecule has 1 aromatic heterocycles. The Bertz CT molecular complexity index is 652. The van der Waals surface area contributed by atoms with Gasteiger partial charge in [-0.25, -0.2) is 0 Å². The van der Waals surface area contributed by atoms with Crippen molar-refractivity contribution in [1.82, 2.24) is 4.57 Å². The van der Waals surface area contributed by atoms with Crippen LogP contribution in [0.3, 0.4) is 0 Å². The smallest absolute Gasteiger partial charge is 0.270 e. The van der Waals surface area contributed by atoms with Crippen LogP contribution in [-0.2, 0) is 6.54 Å². The van der Waals surface area contributed by atoms with E-state index in [0.717, 1.165) is 15.6 Å². The summed E-state index contributed by atoms with van der Waals surface area (Å²) in [5.74, 6) is 0.381. The zero-order valence-electron chi connectivity index (χ0n) is 12.0. The maximum absolute atomic E-state index is 10.7. The van der Waals surface area contributed by atoms with E-state index >= 15 is 0 Å². The molecule has 2 N–H and O–H groups in total. The lowest BCUT2D eigenvalue weighted by Gasteiger charge is -2.13. The predicted molar refractivity (Wildman–Crippen MR) is 86.1 cm³/mol. The summed E-state index contributed by atoms with van der Waals surface area (Å²) in [4.78, 5) is 10.3. The molecule has 0 amide bonds. The fraction of sp³-hybridized carbons (Fsp3) is 0.333. The van der Waals surface area contributed by atoms with Crippen molar-refractivity contribution in [2.75, 3.05) is 0 Å². The van der Waals surface area contributed by atoms with E-state index in [1.165, 1.54) is 12.1 Å². The highest BCUT2D eigenvalue weighted by atomic mass is 79.9. The summed E-state index contributed by atoms with van der Waals surface area (Å²) in [6.45, 7) is 4.83. The van der Waals surface area contributed by atoms with Crippen LogP contribution in [-0.4, -0.2) is 9.49 Å². The van der Waals surface area contributed by atoms with Gasteiger partial charge in [-0.3, -0.25) is 10.1 Å². The number of nitro groups is 1. The van der Waals surface area contributed by atoms with Crippen molar-refractivity contribution < 1.29 is 4.92 Å². The van der Waals surface area contributed by atoms with Crippen LogP contribution in [0.15, 0.2) is 41.1 Å². The predicted octanol–water partition coefficient (Wildman–Crippen LogP) is 3.86. The molecule has 0 saturated carbocycles. The largest absolute Gasteiger partial charge is 0.350 e. The lowest BCUT2D eigenvalue weighted by molar-refractivity contribution is -0.384. The second-order valence-corrected chi connectivity index (χ2v) is 6.27. The molecule has 1 aromatic carbocycles.